The highest BCUT2D eigenvalue weighted by atomic mass is 32.2. The van der Waals surface area contributed by atoms with Gasteiger partial charge in [-0.05, 0) is 25.3 Å². The largest absolute Gasteiger partial charge is 0.477 e. The Hall–Kier alpha value is -0.960. The number of hydrogen-bond acceptors (Lipinski definition) is 5. The lowest BCUT2D eigenvalue weighted by atomic mass is 10.1. The lowest BCUT2D eigenvalue weighted by Gasteiger charge is -2.22. The smallest absolute Gasteiger partial charge is 0.345 e. The standard InChI is InChI=1S/C11H15NO5S2/c13-11(14)10-5-9(7-18-10)19(15,16)12-6-8-3-1-2-4-17-8/h5,7-8,12H,1-4,6H2,(H,13,14). The third kappa shape index (κ3) is 3.75. The van der Waals surface area contributed by atoms with Crippen LogP contribution in [0.2, 0.25) is 0 Å². The zero-order chi connectivity index (χ0) is 13.9. The molecule has 1 fully saturated rings. The molecule has 0 radical (unpaired) electrons. The number of carboxylic acids is 1. The van der Waals surface area contributed by atoms with Crippen LogP contribution in [0.25, 0.3) is 0 Å². The third-order valence-corrected chi connectivity index (χ3v) is 5.34. The molecule has 2 heterocycles. The number of rotatable bonds is 5. The molecule has 0 aliphatic carbocycles. The maximum atomic E-state index is 12.0. The van der Waals surface area contributed by atoms with Crippen molar-refractivity contribution in [2.24, 2.45) is 0 Å². The predicted molar refractivity (Wildman–Crippen MR) is 70.1 cm³/mol. The number of nitrogens with one attached hydrogen (secondary N) is 1. The highest BCUT2D eigenvalue weighted by molar-refractivity contribution is 7.89. The lowest BCUT2D eigenvalue weighted by Crippen LogP contribution is -2.35. The Morgan fingerprint density at radius 2 is 2.32 bits per heavy atom. The Kier molecular flexibility index (Phi) is 4.56. The molecule has 1 aromatic rings. The van der Waals surface area contributed by atoms with Gasteiger partial charge in [-0.3, -0.25) is 0 Å². The number of sulfonamides is 1. The quantitative estimate of drug-likeness (QED) is 0.855. The summed E-state index contributed by atoms with van der Waals surface area (Å²) < 4.78 is 31.8. The molecule has 0 spiro atoms. The Morgan fingerprint density at radius 3 is 2.89 bits per heavy atom. The molecule has 1 atom stereocenters. The van der Waals surface area contributed by atoms with E-state index in [0.717, 1.165) is 36.7 Å². The Morgan fingerprint density at radius 1 is 1.53 bits per heavy atom. The van der Waals surface area contributed by atoms with Crippen molar-refractivity contribution in [1.82, 2.24) is 4.72 Å². The van der Waals surface area contributed by atoms with Crippen molar-refractivity contribution < 1.29 is 23.1 Å². The molecule has 8 heteroatoms. The normalized spacial score (nSPS) is 20.3. The van der Waals surface area contributed by atoms with Crippen LogP contribution < -0.4 is 4.72 Å². The second-order valence-corrected chi connectivity index (χ2v) is 6.97. The van der Waals surface area contributed by atoms with Crippen LogP contribution in [0.15, 0.2) is 16.3 Å². The number of carbonyl (C=O) groups is 1. The highest BCUT2D eigenvalue weighted by Crippen LogP contribution is 2.19. The molecule has 6 nitrogen and oxygen atoms in total. The molecule has 0 amide bonds. The van der Waals surface area contributed by atoms with Crippen LogP contribution in [0.3, 0.4) is 0 Å². The van der Waals surface area contributed by atoms with E-state index in [2.05, 4.69) is 4.72 Å². The Labute approximate surface area is 115 Å². The van der Waals surface area contributed by atoms with Crippen LogP contribution >= 0.6 is 11.3 Å². The van der Waals surface area contributed by atoms with Crippen molar-refractivity contribution in [3.63, 3.8) is 0 Å². The summed E-state index contributed by atoms with van der Waals surface area (Å²) in [5.74, 6) is -1.12. The van der Waals surface area contributed by atoms with Gasteiger partial charge in [0.2, 0.25) is 10.0 Å². The van der Waals surface area contributed by atoms with Gasteiger partial charge in [-0.1, -0.05) is 0 Å². The summed E-state index contributed by atoms with van der Waals surface area (Å²) in [6.45, 7) is 0.884. The average molecular weight is 305 g/mol. The van der Waals surface area contributed by atoms with Gasteiger partial charge >= 0.3 is 5.97 Å². The molecule has 0 bridgehead atoms. The number of thiophene rings is 1. The monoisotopic (exact) mass is 305 g/mol. The Bertz CT molecular complexity index is 545. The van der Waals surface area contributed by atoms with Gasteiger partial charge in [0.05, 0.1) is 11.0 Å². The molecule has 2 N–H and O–H groups in total. The minimum atomic E-state index is -3.66. The minimum absolute atomic E-state index is 0.00860. The molecule has 1 aliphatic rings. The van der Waals surface area contributed by atoms with Crippen LogP contribution in [0.5, 0.6) is 0 Å². The van der Waals surface area contributed by atoms with Crippen LogP contribution in [0.1, 0.15) is 28.9 Å². The molecule has 0 aromatic carbocycles. The van der Waals surface area contributed by atoms with Gasteiger partial charge in [-0.15, -0.1) is 11.3 Å². The number of ether oxygens (including phenoxy) is 1. The van der Waals surface area contributed by atoms with Crippen LogP contribution in [0, 0.1) is 0 Å². The second-order valence-electron chi connectivity index (χ2n) is 4.29. The fourth-order valence-corrected chi connectivity index (χ4v) is 4.00. The van der Waals surface area contributed by atoms with Gasteiger partial charge in [0.1, 0.15) is 4.88 Å². The zero-order valence-electron chi connectivity index (χ0n) is 10.2. The summed E-state index contributed by atoms with van der Waals surface area (Å²) in [7, 11) is -3.66. The maximum absolute atomic E-state index is 12.0. The van der Waals surface area contributed by atoms with E-state index in [1.54, 1.807) is 0 Å². The zero-order valence-corrected chi connectivity index (χ0v) is 11.8. The molecular weight excluding hydrogens is 290 g/mol. The van der Waals surface area contributed by atoms with Crippen molar-refractivity contribution in [3.05, 3.63) is 16.3 Å². The van der Waals surface area contributed by atoms with E-state index < -0.39 is 16.0 Å². The molecule has 106 valence electrons. The van der Waals surface area contributed by atoms with E-state index >= 15 is 0 Å². The van der Waals surface area contributed by atoms with Gasteiger partial charge in [0.15, 0.2) is 0 Å². The van der Waals surface area contributed by atoms with Crippen molar-refractivity contribution in [3.8, 4) is 0 Å². The van der Waals surface area contributed by atoms with Crippen LogP contribution in [-0.2, 0) is 14.8 Å². The minimum Gasteiger partial charge on any atom is -0.477 e. The molecular formula is C11H15NO5S2. The van der Waals surface area contributed by atoms with Gasteiger partial charge in [0, 0.05) is 18.5 Å². The number of hydrogen-bond donors (Lipinski definition) is 2. The first kappa shape index (κ1) is 14.4. The summed E-state index contributed by atoms with van der Waals surface area (Å²) in [6, 6.07) is 1.16. The van der Waals surface area contributed by atoms with Gasteiger partial charge in [0.25, 0.3) is 0 Å². The predicted octanol–water partition coefficient (Wildman–Crippen LogP) is 1.29. The Balaban J connectivity index is 1.98. The number of aromatic carboxylic acids is 1. The van der Waals surface area contributed by atoms with E-state index in [-0.39, 0.29) is 22.4 Å². The first-order valence-electron chi connectivity index (χ1n) is 5.92. The summed E-state index contributed by atoms with van der Waals surface area (Å²) >= 11 is 0.896. The highest BCUT2D eigenvalue weighted by Gasteiger charge is 2.21. The van der Waals surface area contributed by atoms with Crippen molar-refractivity contribution in [1.29, 1.82) is 0 Å². The molecule has 1 aromatic heterocycles. The summed E-state index contributed by atoms with van der Waals surface area (Å²) in [4.78, 5) is 10.7. The van der Waals surface area contributed by atoms with Crippen molar-refractivity contribution in [2.45, 2.75) is 30.3 Å². The number of carboxylic acid groups (broad SMARTS) is 1. The molecule has 1 aliphatic heterocycles. The molecule has 2 rings (SSSR count). The van der Waals surface area contributed by atoms with E-state index in [0.29, 0.717) is 6.61 Å². The van der Waals surface area contributed by atoms with Gasteiger partial charge in [-0.25, -0.2) is 17.9 Å². The molecule has 0 saturated carbocycles. The molecule has 19 heavy (non-hydrogen) atoms. The van der Waals surface area contributed by atoms with Gasteiger partial charge < -0.3 is 9.84 Å². The topological polar surface area (TPSA) is 92.7 Å². The van der Waals surface area contributed by atoms with Crippen LogP contribution in [0.4, 0.5) is 0 Å². The average Bonchev–Trinajstić information content (AvgIpc) is 2.88. The van der Waals surface area contributed by atoms with E-state index in [4.69, 9.17) is 9.84 Å². The van der Waals surface area contributed by atoms with Crippen molar-refractivity contribution >= 4 is 27.3 Å². The SMILES string of the molecule is O=C(O)c1cc(S(=O)(=O)NCC2CCCCO2)cs1. The van der Waals surface area contributed by atoms with E-state index in [1.807, 2.05) is 0 Å². The summed E-state index contributed by atoms with van der Waals surface area (Å²) in [5, 5.41) is 10.1. The van der Waals surface area contributed by atoms with Gasteiger partial charge in [-0.2, -0.15) is 0 Å². The third-order valence-electron chi connectivity index (χ3n) is 2.87. The second kappa shape index (κ2) is 6.00. The fraction of sp³-hybridized carbons (Fsp3) is 0.545. The lowest BCUT2D eigenvalue weighted by molar-refractivity contribution is 0.0200. The molecule has 1 saturated heterocycles. The molecule has 1 unspecified atom stereocenters. The fourth-order valence-electron chi connectivity index (χ4n) is 1.83. The summed E-state index contributed by atoms with van der Waals surface area (Å²) in [6.07, 6.45) is 2.79. The maximum Gasteiger partial charge on any atom is 0.345 e. The van der Waals surface area contributed by atoms with E-state index in [1.165, 1.54) is 5.38 Å². The summed E-state index contributed by atoms with van der Waals surface area (Å²) in [5.41, 5.74) is 0. The first-order valence-corrected chi connectivity index (χ1v) is 8.28. The van der Waals surface area contributed by atoms with Crippen LogP contribution in [-0.4, -0.2) is 38.7 Å². The van der Waals surface area contributed by atoms with Crippen molar-refractivity contribution in [2.75, 3.05) is 13.2 Å². The van der Waals surface area contributed by atoms with E-state index in [9.17, 15) is 13.2 Å². The first-order chi connectivity index (χ1) is 8.99.